The van der Waals surface area contributed by atoms with Gasteiger partial charge in [0.25, 0.3) is 5.56 Å². The smallest absolute Gasteiger partial charge is 0.324 e. The first kappa shape index (κ1) is 21.6. The number of aryl methyl sites for hydroxylation is 2. The van der Waals surface area contributed by atoms with Gasteiger partial charge in [-0.2, -0.15) is 0 Å². The Hall–Kier alpha value is -3.64. The number of hydrogen-bond acceptors (Lipinski definition) is 3. The van der Waals surface area contributed by atoms with E-state index in [-0.39, 0.29) is 18.6 Å². The molecule has 0 radical (unpaired) electrons. The van der Waals surface area contributed by atoms with Crippen molar-refractivity contribution in [3.63, 3.8) is 0 Å². The van der Waals surface area contributed by atoms with Gasteiger partial charge >= 0.3 is 5.69 Å². The highest BCUT2D eigenvalue weighted by Gasteiger charge is 2.16. The van der Waals surface area contributed by atoms with E-state index in [0.717, 1.165) is 16.7 Å². The Morgan fingerprint density at radius 1 is 0.938 bits per heavy atom. The first-order valence-corrected chi connectivity index (χ1v) is 10.6. The fourth-order valence-corrected chi connectivity index (χ4v) is 3.73. The summed E-state index contributed by atoms with van der Waals surface area (Å²) >= 11 is 6.14. The van der Waals surface area contributed by atoms with Crippen LogP contribution in [0.3, 0.4) is 0 Å². The van der Waals surface area contributed by atoms with Crippen molar-refractivity contribution in [1.82, 2.24) is 9.13 Å². The standard InChI is InChI=1S/C25H22ClN3O3/c1-16-7-10-18(11-8-16)14-29-24(31)20-5-3-4-6-22(20)28(25(29)32)15-23(30)27-19-12-9-17(2)21(26)13-19/h3-13H,14-15H2,1-2H3,(H,27,30). The van der Waals surface area contributed by atoms with Gasteiger partial charge in [-0.15, -0.1) is 0 Å². The Morgan fingerprint density at radius 2 is 1.66 bits per heavy atom. The van der Waals surface area contributed by atoms with Gasteiger partial charge < -0.3 is 5.32 Å². The number of halogens is 1. The molecule has 162 valence electrons. The quantitative estimate of drug-likeness (QED) is 0.500. The number of fused-ring (bicyclic) bond motifs is 1. The van der Waals surface area contributed by atoms with Crippen LogP contribution in [0.15, 0.2) is 76.3 Å². The van der Waals surface area contributed by atoms with Gasteiger partial charge in [-0.1, -0.05) is 59.6 Å². The minimum Gasteiger partial charge on any atom is -0.324 e. The third-order valence-electron chi connectivity index (χ3n) is 5.35. The Balaban J connectivity index is 1.73. The first-order valence-electron chi connectivity index (χ1n) is 10.2. The number of nitrogens with zero attached hydrogens (tertiary/aromatic N) is 2. The van der Waals surface area contributed by atoms with Crippen molar-refractivity contribution >= 4 is 34.1 Å². The molecule has 0 spiro atoms. The monoisotopic (exact) mass is 447 g/mol. The summed E-state index contributed by atoms with van der Waals surface area (Å²) in [5.41, 5.74) is 2.85. The molecule has 0 atom stereocenters. The lowest BCUT2D eigenvalue weighted by Gasteiger charge is -2.14. The second kappa shape index (κ2) is 8.85. The number of carbonyl (C=O) groups excluding carboxylic acids is 1. The molecule has 0 aliphatic rings. The van der Waals surface area contributed by atoms with Gasteiger partial charge in [0.05, 0.1) is 17.4 Å². The topological polar surface area (TPSA) is 73.1 Å². The number of hydrogen-bond donors (Lipinski definition) is 1. The predicted octanol–water partition coefficient (Wildman–Crippen LogP) is 4.12. The number of benzene rings is 3. The Morgan fingerprint density at radius 3 is 2.38 bits per heavy atom. The van der Waals surface area contributed by atoms with E-state index in [1.165, 1.54) is 9.13 Å². The molecule has 0 bridgehead atoms. The third kappa shape index (κ3) is 4.36. The van der Waals surface area contributed by atoms with Crippen molar-refractivity contribution in [3.05, 3.63) is 109 Å². The van der Waals surface area contributed by atoms with E-state index in [4.69, 9.17) is 11.6 Å². The van der Waals surface area contributed by atoms with Crippen LogP contribution in [-0.2, 0) is 17.9 Å². The lowest BCUT2D eigenvalue weighted by atomic mass is 10.1. The average Bonchev–Trinajstić information content (AvgIpc) is 2.78. The number of anilines is 1. The van der Waals surface area contributed by atoms with Crippen LogP contribution >= 0.6 is 11.6 Å². The van der Waals surface area contributed by atoms with E-state index >= 15 is 0 Å². The zero-order chi connectivity index (χ0) is 22.8. The van der Waals surface area contributed by atoms with Gasteiger partial charge in [0.2, 0.25) is 5.91 Å². The molecule has 0 aliphatic carbocycles. The van der Waals surface area contributed by atoms with E-state index in [9.17, 15) is 14.4 Å². The minimum absolute atomic E-state index is 0.123. The molecule has 0 saturated heterocycles. The average molecular weight is 448 g/mol. The highest BCUT2D eigenvalue weighted by Crippen LogP contribution is 2.20. The summed E-state index contributed by atoms with van der Waals surface area (Å²) in [5.74, 6) is -0.391. The van der Waals surface area contributed by atoms with E-state index in [2.05, 4.69) is 5.32 Å². The summed E-state index contributed by atoms with van der Waals surface area (Å²) in [7, 11) is 0. The van der Waals surface area contributed by atoms with Crippen LogP contribution in [-0.4, -0.2) is 15.0 Å². The summed E-state index contributed by atoms with van der Waals surface area (Å²) in [6.07, 6.45) is 0. The lowest BCUT2D eigenvalue weighted by molar-refractivity contribution is -0.116. The van der Waals surface area contributed by atoms with Crippen LogP contribution in [0.5, 0.6) is 0 Å². The van der Waals surface area contributed by atoms with E-state index in [1.54, 1.807) is 42.5 Å². The summed E-state index contributed by atoms with van der Waals surface area (Å²) in [4.78, 5) is 39.1. The van der Waals surface area contributed by atoms with Gasteiger partial charge in [-0.05, 0) is 49.2 Å². The van der Waals surface area contributed by atoms with Crippen molar-refractivity contribution in [1.29, 1.82) is 0 Å². The largest absolute Gasteiger partial charge is 0.332 e. The predicted molar refractivity (Wildman–Crippen MR) is 128 cm³/mol. The van der Waals surface area contributed by atoms with Gasteiger partial charge in [0, 0.05) is 10.7 Å². The first-order chi connectivity index (χ1) is 15.3. The molecule has 6 nitrogen and oxygen atoms in total. The second-order valence-electron chi connectivity index (χ2n) is 7.77. The molecule has 7 heteroatoms. The van der Waals surface area contributed by atoms with Crippen LogP contribution in [0.1, 0.15) is 16.7 Å². The van der Waals surface area contributed by atoms with Crippen LogP contribution in [0.4, 0.5) is 5.69 Å². The maximum atomic E-state index is 13.3. The van der Waals surface area contributed by atoms with Crippen LogP contribution in [0.2, 0.25) is 5.02 Å². The van der Waals surface area contributed by atoms with Crippen molar-refractivity contribution < 1.29 is 4.79 Å². The summed E-state index contributed by atoms with van der Waals surface area (Å²) in [6, 6.07) is 19.7. The highest BCUT2D eigenvalue weighted by atomic mass is 35.5. The maximum Gasteiger partial charge on any atom is 0.332 e. The molecule has 4 rings (SSSR count). The second-order valence-corrected chi connectivity index (χ2v) is 8.18. The Kier molecular flexibility index (Phi) is 5.97. The van der Waals surface area contributed by atoms with Crippen LogP contribution < -0.4 is 16.6 Å². The number of para-hydroxylation sites is 1. The Bertz CT molecular complexity index is 1440. The van der Waals surface area contributed by atoms with Crippen molar-refractivity contribution in [2.45, 2.75) is 26.9 Å². The molecule has 1 amide bonds. The number of amides is 1. The van der Waals surface area contributed by atoms with Gasteiger partial charge in [-0.3, -0.25) is 18.7 Å². The lowest BCUT2D eigenvalue weighted by Crippen LogP contribution is -2.42. The fraction of sp³-hybridized carbons (Fsp3) is 0.160. The summed E-state index contributed by atoms with van der Waals surface area (Å²) in [5, 5.41) is 3.69. The normalized spacial score (nSPS) is 11.0. The number of rotatable bonds is 5. The van der Waals surface area contributed by atoms with Crippen molar-refractivity contribution in [2.75, 3.05) is 5.32 Å². The highest BCUT2D eigenvalue weighted by molar-refractivity contribution is 6.31. The molecule has 32 heavy (non-hydrogen) atoms. The molecular weight excluding hydrogens is 426 g/mol. The van der Waals surface area contributed by atoms with Crippen LogP contribution in [0.25, 0.3) is 10.9 Å². The van der Waals surface area contributed by atoms with E-state index < -0.39 is 11.6 Å². The molecular formula is C25H22ClN3O3. The molecule has 1 aromatic heterocycles. The third-order valence-corrected chi connectivity index (χ3v) is 5.76. The summed E-state index contributed by atoms with van der Waals surface area (Å²) in [6.45, 7) is 3.73. The van der Waals surface area contributed by atoms with E-state index in [1.807, 2.05) is 38.1 Å². The molecule has 3 aromatic carbocycles. The SMILES string of the molecule is Cc1ccc(Cn2c(=O)c3ccccc3n(CC(=O)Nc3ccc(C)c(Cl)c3)c2=O)cc1. The van der Waals surface area contributed by atoms with E-state index in [0.29, 0.717) is 21.6 Å². The molecule has 1 N–H and O–H groups in total. The maximum absolute atomic E-state index is 13.3. The fourth-order valence-electron chi connectivity index (χ4n) is 3.55. The zero-order valence-corrected chi connectivity index (χ0v) is 18.5. The van der Waals surface area contributed by atoms with Gasteiger partial charge in [0.15, 0.2) is 0 Å². The van der Waals surface area contributed by atoms with Gasteiger partial charge in [-0.25, -0.2) is 4.79 Å². The van der Waals surface area contributed by atoms with Crippen molar-refractivity contribution in [3.8, 4) is 0 Å². The molecule has 1 heterocycles. The molecule has 0 unspecified atom stereocenters. The van der Waals surface area contributed by atoms with Crippen molar-refractivity contribution in [2.24, 2.45) is 0 Å². The zero-order valence-electron chi connectivity index (χ0n) is 17.8. The number of carbonyl (C=O) groups is 1. The molecule has 0 saturated carbocycles. The molecule has 0 fully saturated rings. The van der Waals surface area contributed by atoms with Gasteiger partial charge in [0.1, 0.15) is 6.54 Å². The number of aromatic nitrogens is 2. The van der Waals surface area contributed by atoms with Crippen LogP contribution in [0, 0.1) is 13.8 Å². The minimum atomic E-state index is -0.536. The molecule has 4 aromatic rings. The summed E-state index contributed by atoms with van der Waals surface area (Å²) < 4.78 is 2.50. The Labute approximate surface area is 189 Å². The number of nitrogens with one attached hydrogen (secondary N) is 1. The molecule has 0 aliphatic heterocycles.